The minimum Gasteiger partial charge on any atom is -0.494 e. The largest absolute Gasteiger partial charge is 0.494 e. The average Bonchev–Trinajstić information content (AvgIpc) is 2.67. The standard InChI is InChI=1S/C20H25N3O4/c1-5-13(2)15-6-8-16(9-7-15)21-14(3)20(24)22-18-11-10-17(23(25)26)12-19(18)27-4/h6-14,21H,5H2,1-4H3,(H,22,24)/t13-,14+/m1/s1. The Hall–Kier alpha value is -3.09. The molecule has 2 rings (SSSR count). The number of benzene rings is 2. The number of carbonyl (C=O) groups excluding carboxylic acids is 1. The number of hydrogen-bond donors (Lipinski definition) is 2. The molecule has 0 spiro atoms. The fourth-order valence-electron chi connectivity index (χ4n) is 2.60. The Morgan fingerprint density at radius 1 is 1.19 bits per heavy atom. The van der Waals surface area contributed by atoms with Crippen LogP contribution in [0.1, 0.15) is 38.7 Å². The van der Waals surface area contributed by atoms with Crippen molar-refractivity contribution in [2.75, 3.05) is 17.7 Å². The van der Waals surface area contributed by atoms with Gasteiger partial charge >= 0.3 is 0 Å². The van der Waals surface area contributed by atoms with Crippen LogP contribution >= 0.6 is 0 Å². The van der Waals surface area contributed by atoms with Crippen LogP contribution in [0.25, 0.3) is 0 Å². The zero-order valence-electron chi connectivity index (χ0n) is 16.0. The molecular formula is C20H25N3O4. The van der Waals surface area contributed by atoms with E-state index in [-0.39, 0.29) is 17.3 Å². The van der Waals surface area contributed by atoms with Gasteiger partial charge in [-0.3, -0.25) is 14.9 Å². The highest BCUT2D eigenvalue weighted by atomic mass is 16.6. The highest BCUT2D eigenvalue weighted by Gasteiger charge is 2.17. The van der Waals surface area contributed by atoms with E-state index in [1.807, 2.05) is 12.1 Å². The molecule has 2 atom stereocenters. The van der Waals surface area contributed by atoms with Crippen molar-refractivity contribution in [3.63, 3.8) is 0 Å². The van der Waals surface area contributed by atoms with Crippen molar-refractivity contribution in [3.8, 4) is 5.75 Å². The van der Waals surface area contributed by atoms with Gasteiger partial charge in [-0.15, -0.1) is 0 Å². The van der Waals surface area contributed by atoms with Gasteiger partial charge in [0.25, 0.3) is 5.69 Å². The van der Waals surface area contributed by atoms with Crippen LogP contribution in [-0.2, 0) is 4.79 Å². The second-order valence-electron chi connectivity index (χ2n) is 6.43. The molecule has 0 aliphatic rings. The molecule has 27 heavy (non-hydrogen) atoms. The molecule has 0 saturated heterocycles. The lowest BCUT2D eigenvalue weighted by Crippen LogP contribution is -2.32. The summed E-state index contributed by atoms with van der Waals surface area (Å²) >= 11 is 0. The van der Waals surface area contributed by atoms with Gasteiger partial charge in [0, 0.05) is 11.8 Å². The van der Waals surface area contributed by atoms with Gasteiger partial charge in [-0.05, 0) is 43.0 Å². The Morgan fingerprint density at radius 2 is 1.85 bits per heavy atom. The van der Waals surface area contributed by atoms with Crippen LogP contribution < -0.4 is 15.4 Å². The molecular weight excluding hydrogens is 346 g/mol. The third-order valence-corrected chi connectivity index (χ3v) is 4.52. The number of nitro groups is 1. The maximum absolute atomic E-state index is 12.5. The number of hydrogen-bond acceptors (Lipinski definition) is 5. The van der Waals surface area contributed by atoms with E-state index in [0.29, 0.717) is 11.6 Å². The number of nitrogens with one attached hydrogen (secondary N) is 2. The van der Waals surface area contributed by atoms with E-state index in [0.717, 1.165) is 12.1 Å². The second-order valence-corrected chi connectivity index (χ2v) is 6.43. The lowest BCUT2D eigenvalue weighted by molar-refractivity contribution is -0.384. The van der Waals surface area contributed by atoms with Crippen LogP contribution in [0.4, 0.5) is 17.1 Å². The molecule has 144 valence electrons. The zero-order valence-corrected chi connectivity index (χ0v) is 16.0. The van der Waals surface area contributed by atoms with Gasteiger partial charge in [0.15, 0.2) is 0 Å². The lowest BCUT2D eigenvalue weighted by Gasteiger charge is -2.17. The summed E-state index contributed by atoms with van der Waals surface area (Å²) in [5.74, 6) is 0.463. The quantitative estimate of drug-likeness (QED) is 0.524. The molecule has 0 fully saturated rings. The van der Waals surface area contributed by atoms with Gasteiger partial charge < -0.3 is 15.4 Å². The molecule has 7 heteroatoms. The molecule has 2 aromatic carbocycles. The first-order valence-electron chi connectivity index (χ1n) is 8.85. The van der Waals surface area contributed by atoms with Gasteiger partial charge in [0.1, 0.15) is 11.8 Å². The number of nitrogens with zero attached hydrogens (tertiary/aromatic N) is 1. The molecule has 0 aliphatic carbocycles. The fraction of sp³-hybridized carbons (Fsp3) is 0.350. The molecule has 2 aromatic rings. The number of ether oxygens (including phenoxy) is 1. The van der Waals surface area contributed by atoms with Crippen LogP contribution in [0.2, 0.25) is 0 Å². The third kappa shape index (κ3) is 5.20. The summed E-state index contributed by atoms with van der Waals surface area (Å²) in [6.07, 6.45) is 1.07. The molecule has 7 nitrogen and oxygen atoms in total. The number of nitro benzene ring substituents is 1. The van der Waals surface area contributed by atoms with E-state index in [1.54, 1.807) is 6.92 Å². The summed E-state index contributed by atoms with van der Waals surface area (Å²) in [4.78, 5) is 22.8. The monoisotopic (exact) mass is 371 g/mol. The highest BCUT2D eigenvalue weighted by molar-refractivity contribution is 5.97. The summed E-state index contributed by atoms with van der Waals surface area (Å²) in [5.41, 5.74) is 2.39. The molecule has 0 radical (unpaired) electrons. The minimum absolute atomic E-state index is 0.0996. The first-order valence-corrected chi connectivity index (χ1v) is 8.85. The number of amides is 1. The summed E-state index contributed by atoms with van der Waals surface area (Å²) in [7, 11) is 1.40. The van der Waals surface area contributed by atoms with Gasteiger partial charge in [-0.1, -0.05) is 26.0 Å². The van der Waals surface area contributed by atoms with Gasteiger partial charge in [0.2, 0.25) is 5.91 Å². The van der Waals surface area contributed by atoms with E-state index in [9.17, 15) is 14.9 Å². The Bertz CT molecular complexity index is 805. The summed E-state index contributed by atoms with van der Waals surface area (Å²) in [5, 5.41) is 16.7. The zero-order chi connectivity index (χ0) is 20.0. The predicted molar refractivity (Wildman–Crippen MR) is 107 cm³/mol. The lowest BCUT2D eigenvalue weighted by atomic mass is 9.98. The Labute approximate surface area is 158 Å². The van der Waals surface area contributed by atoms with Crippen molar-refractivity contribution in [2.45, 2.75) is 39.2 Å². The highest BCUT2D eigenvalue weighted by Crippen LogP contribution is 2.29. The Balaban J connectivity index is 2.04. The van der Waals surface area contributed by atoms with Crippen LogP contribution in [0, 0.1) is 10.1 Å². The van der Waals surface area contributed by atoms with Gasteiger partial charge in [-0.2, -0.15) is 0 Å². The summed E-state index contributed by atoms with van der Waals surface area (Å²) in [6.45, 7) is 6.07. The molecule has 0 heterocycles. The molecule has 1 amide bonds. The number of carbonyl (C=O) groups is 1. The number of methoxy groups -OCH3 is 1. The van der Waals surface area contributed by atoms with E-state index in [1.165, 1.54) is 30.9 Å². The fourth-order valence-corrected chi connectivity index (χ4v) is 2.60. The number of rotatable bonds is 8. The average molecular weight is 371 g/mol. The van der Waals surface area contributed by atoms with E-state index < -0.39 is 11.0 Å². The summed E-state index contributed by atoms with van der Waals surface area (Å²) in [6, 6.07) is 11.6. The van der Waals surface area contributed by atoms with Crippen molar-refractivity contribution < 1.29 is 14.5 Å². The first kappa shape index (κ1) is 20.2. The van der Waals surface area contributed by atoms with Crippen molar-refractivity contribution in [1.29, 1.82) is 0 Å². The van der Waals surface area contributed by atoms with E-state index in [2.05, 4.69) is 36.6 Å². The second kappa shape index (κ2) is 9.02. The van der Waals surface area contributed by atoms with Gasteiger partial charge in [0.05, 0.1) is 23.8 Å². The summed E-state index contributed by atoms with van der Waals surface area (Å²) < 4.78 is 5.14. The smallest absolute Gasteiger partial charge is 0.273 e. The normalized spacial score (nSPS) is 12.7. The molecule has 0 bridgehead atoms. The van der Waals surface area contributed by atoms with E-state index >= 15 is 0 Å². The van der Waals surface area contributed by atoms with Crippen molar-refractivity contribution in [1.82, 2.24) is 0 Å². The maximum atomic E-state index is 12.5. The molecule has 2 N–H and O–H groups in total. The molecule has 0 aliphatic heterocycles. The number of non-ortho nitro benzene ring substituents is 1. The van der Waals surface area contributed by atoms with Crippen LogP contribution in [0.5, 0.6) is 5.75 Å². The van der Waals surface area contributed by atoms with E-state index in [4.69, 9.17) is 4.74 Å². The SMILES string of the molecule is CC[C@@H](C)c1ccc(N[C@@H](C)C(=O)Nc2ccc([N+](=O)[O-])cc2OC)cc1. The molecule has 0 unspecified atom stereocenters. The number of anilines is 2. The predicted octanol–water partition coefficient (Wildman–Crippen LogP) is 4.56. The van der Waals surface area contributed by atoms with Crippen molar-refractivity contribution >= 4 is 23.0 Å². The van der Waals surface area contributed by atoms with Crippen LogP contribution in [0.15, 0.2) is 42.5 Å². The van der Waals surface area contributed by atoms with Crippen LogP contribution in [-0.4, -0.2) is 24.0 Å². The third-order valence-electron chi connectivity index (χ3n) is 4.52. The Kier molecular flexibility index (Phi) is 6.76. The van der Waals surface area contributed by atoms with Crippen molar-refractivity contribution in [3.05, 3.63) is 58.1 Å². The van der Waals surface area contributed by atoms with Crippen LogP contribution in [0.3, 0.4) is 0 Å². The van der Waals surface area contributed by atoms with Gasteiger partial charge in [-0.25, -0.2) is 0 Å². The topological polar surface area (TPSA) is 93.5 Å². The first-order chi connectivity index (χ1) is 12.8. The minimum atomic E-state index is -0.513. The molecule has 0 saturated carbocycles. The Morgan fingerprint density at radius 3 is 2.41 bits per heavy atom. The molecule has 0 aromatic heterocycles. The maximum Gasteiger partial charge on any atom is 0.273 e. The van der Waals surface area contributed by atoms with Crippen molar-refractivity contribution in [2.24, 2.45) is 0 Å².